The van der Waals surface area contributed by atoms with E-state index in [1.807, 2.05) is 0 Å². The number of benzene rings is 2. The highest BCUT2D eigenvalue weighted by Gasteiger charge is 2.21. The minimum atomic E-state index is -2.96. The Morgan fingerprint density at radius 3 is 2.43 bits per heavy atom. The second-order valence-electron chi connectivity index (χ2n) is 4.21. The molecule has 2 aromatic rings. The number of methoxy groups -OCH3 is 1. The van der Waals surface area contributed by atoms with Gasteiger partial charge in [-0.3, -0.25) is 0 Å². The number of ether oxygens (including phenoxy) is 2. The van der Waals surface area contributed by atoms with Gasteiger partial charge in [-0.1, -0.05) is 34.1 Å². The summed E-state index contributed by atoms with van der Waals surface area (Å²) in [5.41, 5.74) is 0.700. The minimum absolute atomic E-state index is 0.0676. The van der Waals surface area contributed by atoms with E-state index in [9.17, 15) is 13.9 Å². The van der Waals surface area contributed by atoms with Crippen LogP contribution in [0.5, 0.6) is 11.5 Å². The van der Waals surface area contributed by atoms with Gasteiger partial charge in [0.1, 0.15) is 17.6 Å². The topological polar surface area (TPSA) is 38.7 Å². The number of halogens is 3. The molecule has 0 saturated heterocycles. The summed E-state index contributed by atoms with van der Waals surface area (Å²) >= 11 is 3.31. The molecule has 0 spiro atoms. The van der Waals surface area contributed by atoms with Crippen molar-refractivity contribution in [3.8, 4) is 11.5 Å². The van der Waals surface area contributed by atoms with Gasteiger partial charge in [-0.05, 0) is 24.3 Å². The zero-order valence-corrected chi connectivity index (χ0v) is 12.7. The molecule has 0 aliphatic heterocycles. The monoisotopic (exact) mass is 358 g/mol. The molecule has 2 rings (SSSR count). The SMILES string of the molecule is COc1ccc(Br)cc1C(O)c1ccccc1OC(F)F. The van der Waals surface area contributed by atoms with Crippen molar-refractivity contribution in [2.24, 2.45) is 0 Å². The molecule has 0 heterocycles. The van der Waals surface area contributed by atoms with Crippen LogP contribution < -0.4 is 9.47 Å². The highest BCUT2D eigenvalue weighted by molar-refractivity contribution is 9.10. The van der Waals surface area contributed by atoms with Crippen molar-refractivity contribution in [3.63, 3.8) is 0 Å². The summed E-state index contributed by atoms with van der Waals surface area (Å²) in [6, 6.07) is 11.2. The first-order chi connectivity index (χ1) is 10.0. The third-order valence-electron chi connectivity index (χ3n) is 2.92. The van der Waals surface area contributed by atoms with Crippen LogP contribution in [0.4, 0.5) is 8.78 Å². The number of para-hydroxylation sites is 1. The van der Waals surface area contributed by atoms with Gasteiger partial charge in [0, 0.05) is 15.6 Å². The van der Waals surface area contributed by atoms with Crippen LogP contribution in [0.25, 0.3) is 0 Å². The Morgan fingerprint density at radius 1 is 1.05 bits per heavy atom. The lowest BCUT2D eigenvalue weighted by atomic mass is 10.00. The highest BCUT2D eigenvalue weighted by Crippen LogP contribution is 2.36. The standard InChI is InChI=1S/C15H13BrF2O3/c1-20-12-7-6-9(16)8-11(12)14(19)10-4-2-3-5-13(10)21-15(17)18/h2-8,14-15,19H,1H3. The molecule has 0 radical (unpaired) electrons. The van der Waals surface area contributed by atoms with Crippen LogP contribution in [0.15, 0.2) is 46.9 Å². The molecule has 0 aliphatic rings. The molecule has 0 aromatic heterocycles. The predicted molar refractivity (Wildman–Crippen MR) is 77.8 cm³/mol. The maximum atomic E-state index is 12.4. The van der Waals surface area contributed by atoms with E-state index in [1.165, 1.54) is 19.2 Å². The van der Waals surface area contributed by atoms with E-state index < -0.39 is 12.7 Å². The van der Waals surface area contributed by atoms with Crippen LogP contribution in [-0.2, 0) is 0 Å². The van der Waals surface area contributed by atoms with Gasteiger partial charge in [0.05, 0.1) is 7.11 Å². The van der Waals surface area contributed by atoms with Crippen molar-refractivity contribution in [2.75, 3.05) is 7.11 Å². The van der Waals surface area contributed by atoms with Crippen molar-refractivity contribution in [2.45, 2.75) is 12.7 Å². The van der Waals surface area contributed by atoms with Crippen LogP contribution in [0.3, 0.4) is 0 Å². The molecule has 21 heavy (non-hydrogen) atoms. The van der Waals surface area contributed by atoms with Crippen LogP contribution in [0.1, 0.15) is 17.2 Å². The van der Waals surface area contributed by atoms with E-state index in [0.29, 0.717) is 11.3 Å². The zero-order valence-electron chi connectivity index (χ0n) is 11.1. The minimum Gasteiger partial charge on any atom is -0.496 e. The van der Waals surface area contributed by atoms with Gasteiger partial charge in [-0.15, -0.1) is 0 Å². The third kappa shape index (κ3) is 3.71. The van der Waals surface area contributed by atoms with Gasteiger partial charge < -0.3 is 14.6 Å². The van der Waals surface area contributed by atoms with Crippen LogP contribution in [0.2, 0.25) is 0 Å². The summed E-state index contributed by atoms with van der Waals surface area (Å²) in [5.74, 6) is 0.388. The smallest absolute Gasteiger partial charge is 0.387 e. The van der Waals surface area contributed by atoms with E-state index in [0.717, 1.165) is 4.47 Å². The van der Waals surface area contributed by atoms with Crippen LogP contribution >= 0.6 is 15.9 Å². The molecule has 3 nitrogen and oxygen atoms in total. The zero-order chi connectivity index (χ0) is 15.4. The largest absolute Gasteiger partial charge is 0.496 e. The Balaban J connectivity index is 2.45. The fraction of sp³-hybridized carbons (Fsp3) is 0.200. The maximum absolute atomic E-state index is 12.4. The summed E-state index contributed by atoms with van der Waals surface area (Å²) in [7, 11) is 1.47. The molecule has 1 atom stereocenters. The molecule has 2 aromatic carbocycles. The summed E-state index contributed by atoms with van der Waals surface area (Å²) in [5, 5.41) is 10.5. The Kier molecular flexibility index (Phi) is 5.14. The van der Waals surface area contributed by atoms with Crippen molar-refractivity contribution in [1.82, 2.24) is 0 Å². The van der Waals surface area contributed by atoms with E-state index >= 15 is 0 Å². The van der Waals surface area contributed by atoms with Gasteiger partial charge in [-0.25, -0.2) is 0 Å². The van der Waals surface area contributed by atoms with Crippen molar-refractivity contribution >= 4 is 15.9 Å². The van der Waals surface area contributed by atoms with E-state index in [2.05, 4.69) is 20.7 Å². The fourth-order valence-corrected chi connectivity index (χ4v) is 2.37. The molecule has 1 N–H and O–H groups in total. The third-order valence-corrected chi connectivity index (χ3v) is 3.41. The number of aliphatic hydroxyl groups is 1. The van der Waals surface area contributed by atoms with Gasteiger partial charge in [0.2, 0.25) is 0 Å². The first kappa shape index (κ1) is 15.7. The molecule has 112 valence electrons. The quantitative estimate of drug-likeness (QED) is 0.872. The van der Waals surface area contributed by atoms with E-state index in [4.69, 9.17) is 4.74 Å². The molecule has 0 saturated carbocycles. The molecule has 0 aliphatic carbocycles. The predicted octanol–water partition coefficient (Wildman–Crippen LogP) is 4.14. The lowest BCUT2D eigenvalue weighted by Crippen LogP contribution is -2.08. The van der Waals surface area contributed by atoms with Gasteiger partial charge in [-0.2, -0.15) is 8.78 Å². The second-order valence-corrected chi connectivity index (χ2v) is 5.12. The Labute approximate surface area is 129 Å². The molecule has 1 unspecified atom stereocenters. The summed E-state index contributed by atoms with van der Waals surface area (Å²) in [6.45, 7) is -2.96. The van der Waals surface area contributed by atoms with Crippen molar-refractivity contribution < 1.29 is 23.4 Å². The first-order valence-electron chi connectivity index (χ1n) is 6.08. The normalized spacial score (nSPS) is 12.3. The molecule has 0 amide bonds. The molecular weight excluding hydrogens is 346 g/mol. The number of alkyl halides is 2. The lowest BCUT2D eigenvalue weighted by Gasteiger charge is -2.18. The Morgan fingerprint density at radius 2 is 1.76 bits per heavy atom. The molecule has 0 fully saturated rings. The van der Waals surface area contributed by atoms with Crippen molar-refractivity contribution in [3.05, 3.63) is 58.1 Å². The average Bonchev–Trinajstić information content (AvgIpc) is 2.46. The molecular formula is C15H13BrF2O3. The number of rotatable bonds is 5. The molecule has 6 heteroatoms. The number of aliphatic hydroxyl groups excluding tert-OH is 1. The van der Waals surface area contributed by atoms with Crippen LogP contribution in [-0.4, -0.2) is 18.8 Å². The summed E-state index contributed by atoms with van der Waals surface area (Å²) < 4.78 is 35.3. The van der Waals surface area contributed by atoms with E-state index in [1.54, 1.807) is 30.3 Å². The Bertz CT molecular complexity index is 620. The second kappa shape index (κ2) is 6.87. The molecule has 0 bridgehead atoms. The van der Waals surface area contributed by atoms with Gasteiger partial charge in [0.25, 0.3) is 0 Å². The highest BCUT2D eigenvalue weighted by atomic mass is 79.9. The average molecular weight is 359 g/mol. The van der Waals surface area contributed by atoms with Crippen molar-refractivity contribution in [1.29, 1.82) is 0 Å². The van der Waals surface area contributed by atoms with E-state index in [-0.39, 0.29) is 11.3 Å². The fourth-order valence-electron chi connectivity index (χ4n) is 2.00. The number of hydrogen-bond acceptors (Lipinski definition) is 3. The van der Waals surface area contributed by atoms with Crippen LogP contribution in [0, 0.1) is 0 Å². The first-order valence-corrected chi connectivity index (χ1v) is 6.87. The summed E-state index contributed by atoms with van der Waals surface area (Å²) in [4.78, 5) is 0. The maximum Gasteiger partial charge on any atom is 0.387 e. The number of hydrogen-bond donors (Lipinski definition) is 1. The Hall–Kier alpha value is -1.66. The van der Waals surface area contributed by atoms with Gasteiger partial charge >= 0.3 is 6.61 Å². The van der Waals surface area contributed by atoms with Gasteiger partial charge in [0.15, 0.2) is 0 Å². The lowest BCUT2D eigenvalue weighted by molar-refractivity contribution is -0.0512. The summed E-state index contributed by atoms with van der Waals surface area (Å²) in [6.07, 6.45) is -1.15.